The fourth-order valence-electron chi connectivity index (χ4n) is 3.64. The van der Waals surface area contributed by atoms with Crippen LogP contribution in [0.4, 0.5) is 0 Å². The van der Waals surface area contributed by atoms with E-state index in [2.05, 4.69) is 22.4 Å². The maximum atomic E-state index is 12.9. The fourth-order valence-corrected chi connectivity index (χ4v) is 6.43. The molecule has 4 rings (SSSR count). The van der Waals surface area contributed by atoms with Gasteiger partial charge in [0.1, 0.15) is 10.0 Å². The van der Waals surface area contributed by atoms with Crippen molar-refractivity contribution in [3.8, 4) is 0 Å². The zero-order valence-electron chi connectivity index (χ0n) is 18.8. The Balaban J connectivity index is 1.27. The van der Waals surface area contributed by atoms with E-state index in [-0.39, 0.29) is 18.9 Å². The van der Waals surface area contributed by atoms with Crippen molar-refractivity contribution in [2.24, 2.45) is 4.99 Å². The molecule has 1 aliphatic heterocycles. The number of amides is 1. The number of nitrogens with zero attached hydrogens (tertiary/aromatic N) is 3. The number of rotatable bonds is 9. The molecule has 3 aromatic rings. The molecule has 0 atom stereocenters. The van der Waals surface area contributed by atoms with Crippen LogP contribution in [0.3, 0.4) is 0 Å². The molecule has 0 saturated heterocycles. The molecule has 0 aliphatic carbocycles. The molecule has 1 N–H and O–H groups in total. The van der Waals surface area contributed by atoms with Crippen molar-refractivity contribution in [3.63, 3.8) is 0 Å². The summed E-state index contributed by atoms with van der Waals surface area (Å²) in [5.41, 5.74) is 2.21. The van der Waals surface area contributed by atoms with E-state index in [4.69, 9.17) is 0 Å². The van der Waals surface area contributed by atoms with Gasteiger partial charge in [-0.25, -0.2) is 8.42 Å². The van der Waals surface area contributed by atoms with Crippen molar-refractivity contribution in [2.45, 2.75) is 17.1 Å². The molecule has 2 aromatic carbocycles. The predicted octanol–water partition coefficient (Wildman–Crippen LogP) is 2.96. The van der Waals surface area contributed by atoms with E-state index >= 15 is 0 Å². The van der Waals surface area contributed by atoms with Gasteiger partial charge < -0.3 is 10.2 Å². The highest BCUT2D eigenvalue weighted by atomic mass is 32.2. The van der Waals surface area contributed by atoms with Gasteiger partial charge in [-0.15, -0.1) is 11.3 Å². The van der Waals surface area contributed by atoms with Gasteiger partial charge in [0.15, 0.2) is 0 Å². The largest absolute Gasteiger partial charge is 0.368 e. The van der Waals surface area contributed by atoms with Crippen molar-refractivity contribution in [2.75, 3.05) is 40.3 Å². The first-order valence-electron chi connectivity index (χ1n) is 10.9. The lowest BCUT2D eigenvalue weighted by molar-refractivity contribution is -0.129. The summed E-state index contributed by atoms with van der Waals surface area (Å²) in [5.74, 6) is 0.859. The Hall–Kier alpha value is -2.75. The van der Waals surface area contributed by atoms with E-state index in [0.717, 1.165) is 46.6 Å². The van der Waals surface area contributed by atoms with E-state index in [1.54, 1.807) is 18.0 Å². The minimum atomic E-state index is -3.62. The third-order valence-electron chi connectivity index (χ3n) is 5.77. The number of hydrogen-bond donors (Lipinski definition) is 1. The Labute approximate surface area is 198 Å². The summed E-state index contributed by atoms with van der Waals surface area (Å²) >= 11 is 1.25. The number of benzene rings is 2. The van der Waals surface area contributed by atoms with Gasteiger partial charge in [-0.05, 0) is 29.5 Å². The van der Waals surface area contributed by atoms with Crippen molar-refractivity contribution < 1.29 is 13.2 Å². The SMILES string of the molecule is CN(CCc1ccc(C2=NCCN2)cc1)C(=O)CCN(C)S(=O)(=O)c1cc2ccccc2s1. The van der Waals surface area contributed by atoms with Crippen molar-refractivity contribution in [1.82, 2.24) is 14.5 Å². The normalized spacial score (nSPS) is 13.8. The highest BCUT2D eigenvalue weighted by molar-refractivity contribution is 7.91. The number of amidine groups is 1. The van der Waals surface area contributed by atoms with Crippen LogP contribution in [-0.2, 0) is 21.2 Å². The second kappa shape index (κ2) is 10.0. The van der Waals surface area contributed by atoms with Crippen LogP contribution in [0.2, 0.25) is 0 Å². The summed E-state index contributed by atoms with van der Waals surface area (Å²) in [6.07, 6.45) is 0.875. The summed E-state index contributed by atoms with van der Waals surface area (Å²) < 4.78 is 28.3. The summed E-state index contributed by atoms with van der Waals surface area (Å²) in [6, 6.07) is 17.5. The Kier molecular flexibility index (Phi) is 7.11. The monoisotopic (exact) mass is 484 g/mol. The summed E-state index contributed by atoms with van der Waals surface area (Å²) in [4.78, 5) is 18.7. The van der Waals surface area contributed by atoms with Gasteiger partial charge in [-0.1, -0.05) is 42.5 Å². The highest BCUT2D eigenvalue weighted by Gasteiger charge is 2.24. The molecule has 0 unspecified atom stereocenters. The van der Waals surface area contributed by atoms with Crippen LogP contribution in [0, 0.1) is 0 Å². The number of thiophene rings is 1. The van der Waals surface area contributed by atoms with Gasteiger partial charge in [0, 0.05) is 50.4 Å². The third kappa shape index (κ3) is 5.43. The second-order valence-electron chi connectivity index (χ2n) is 8.10. The molecule has 0 spiro atoms. The van der Waals surface area contributed by atoms with E-state index in [1.807, 2.05) is 36.4 Å². The average Bonchev–Trinajstić information content (AvgIpc) is 3.51. The molecule has 1 aromatic heterocycles. The molecule has 0 fully saturated rings. The Bertz CT molecular complexity index is 1230. The number of likely N-dealkylation sites (N-methyl/N-ethyl adjacent to an activating group) is 1. The second-order valence-corrected chi connectivity index (χ2v) is 11.5. The number of aliphatic imine (C=N–C) groups is 1. The molecule has 0 radical (unpaired) electrons. The highest BCUT2D eigenvalue weighted by Crippen LogP contribution is 2.30. The van der Waals surface area contributed by atoms with Gasteiger partial charge in [0.05, 0.1) is 6.54 Å². The lowest BCUT2D eigenvalue weighted by Crippen LogP contribution is -2.34. The molecule has 1 aliphatic rings. The first-order valence-corrected chi connectivity index (χ1v) is 13.2. The number of carbonyl (C=O) groups excluding carboxylic acids is 1. The first-order chi connectivity index (χ1) is 15.8. The average molecular weight is 485 g/mol. The molecule has 9 heteroatoms. The summed E-state index contributed by atoms with van der Waals surface area (Å²) in [6.45, 7) is 2.41. The number of hydrogen-bond acceptors (Lipinski definition) is 6. The zero-order chi connectivity index (χ0) is 23.4. The molecule has 0 bridgehead atoms. The van der Waals surface area contributed by atoms with E-state index in [1.165, 1.54) is 22.7 Å². The van der Waals surface area contributed by atoms with Crippen LogP contribution in [0.1, 0.15) is 17.5 Å². The van der Waals surface area contributed by atoms with Crippen LogP contribution < -0.4 is 5.32 Å². The Morgan fingerprint density at radius 1 is 1.09 bits per heavy atom. The van der Waals surface area contributed by atoms with Crippen LogP contribution in [0.25, 0.3) is 10.1 Å². The van der Waals surface area contributed by atoms with Gasteiger partial charge in [-0.2, -0.15) is 4.31 Å². The summed E-state index contributed by atoms with van der Waals surface area (Å²) in [7, 11) is -0.338. The van der Waals surface area contributed by atoms with E-state index in [0.29, 0.717) is 10.8 Å². The lowest BCUT2D eigenvalue weighted by atomic mass is 10.1. The predicted molar refractivity (Wildman–Crippen MR) is 133 cm³/mol. The third-order valence-corrected chi connectivity index (χ3v) is 9.19. The van der Waals surface area contributed by atoms with Crippen molar-refractivity contribution in [1.29, 1.82) is 0 Å². The standard InChI is InChI=1S/C24H28N4O3S2/c1-27(15-11-18-7-9-19(10-8-18)24-25-13-14-26-24)22(29)12-16-28(2)33(30,31)23-17-20-5-3-4-6-21(20)32-23/h3-10,17H,11-16H2,1-2H3,(H,25,26). The smallest absolute Gasteiger partial charge is 0.252 e. The Morgan fingerprint density at radius 3 is 2.55 bits per heavy atom. The molecule has 1 amide bonds. The molecule has 0 saturated carbocycles. The van der Waals surface area contributed by atoms with Gasteiger partial charge in [0.25, 0.3) is 10.0 Å². The van der Waals surface area contributed by atoms with Gasteiger partial charge >= 0.3 is 0 Å². The molecule has 7 nitrogen and oxygen atoms in total. The van der Waals surface area contributed by atoms with E-state index in [9.17, 15) is 13.2 Å². The van der Waals surface area contributed by atoms with Crippen LogP contribution in [0.15, 0.2) is 63.8 Å². The Morgan fingerprint density at radius 2 is 1.85 bits per heavy atom. The lowest BCUT2D eigenvalue weighted by Gasteiger charge is -2.20. The number of fused-ring (bicyclic) bond motifs is 1. The van der Waals surface area contributed by atoms with Crippen molar-refractivity contribution in [3.05, 3.63) is 65.7 Å². The topological polar surface area (TPSA) is 82.1 Å². The molecular weight excluding hydrogens is 456 g/mol. The fraction of sp³-hybridized carbons (Fsp3) is 0.333. The van der Waals surface area contributed by atoms with Crippen molar-refractivity contribution >= 4 is 43.2 Å². The van der Waals surface area contributed by atoms with E-state index < -0.39 is 10.0 Å². The minimum Gasteiger partial charge on any atom is -0.368 e. The first kappa shape index (κ1) is 23.4. The van der Waals surface area contributed by atoms with Crippen LogP contribution >= 0.6 is 11.3 Å². The van der Waals surface area contributed by atoms with Gasteiger partial charge in [-0.3, -0.25) is 9.79 Å². The van der Waals surface area contributed by atoms with Crippen LogP contribution in [0.5, 0.6) is 0 Å². The maximum absolute atomic E-state index is 12.9. The van der Waals surface area contributed by atoms with Gasteiger partial charge in [0.2, 0.25) is 5.91 Å². The quantitative estimate of drug-likeness (QED) is 0.506. The number of carbonyl (C=O) groups is 1. The molecule has 2 heterocycles. The molecule has 33 heavy (non-hydrogen) atoms. The number of nitrogens with one attached hydrogen (secondary N) is 1. The maximum Gasteiger partial charge on any atom is 0.252 e. The van der Waals surface area contributed by atoms with Crippen LogP contribution in [-0.4, -0.2) is 69.6 Å². The number of sulfonamides is 1. The summed E-state index contributed by atoms with van der Waals surface area (Å²) in [5, 5.41) is 4.17. The molecule has 174 valence electrons. The minimum absolute atomic E-state index is 0.0745. The zero-order valence-corrected chi connectivity index (χ0v) is 20.5. The molecular formula is C24H28N4O3S2.